The van der Waals surface area contributed by atoms with Crippen molar-refractivity contribution in [3.8, 4) is 23.6 Å². The lowest BCUT2D eigenvalue weighted by Crippen LogP contribution is -1.97. The van der Waals surface area contributed by atoms with Gasteiger partial charge in [0.2, 0.25) is 0 Å². The fraction of sp³-hybridized carbons (Fsp3) is 0.231. The van der Waals surface area contributed by atoms with E-state index in [-0.39, 0.29) is 5.57 Å². The summed E-state index contributed by atoms with van der Waals surface area (Å²) in [6, 6.07) is 9.00. The molecule has 0 bridgehead atoms. The zero-order valence-corrected chi connectivity index (χ0v) is 9.14. The SMILES string of the molecule is N#CC(C#N)=Cc1ccc2c(c1)OCCCO2. The molecule has 0 saturated carbocycles. The molecule has 0 radical (unpaired) electrons. The van der Waals surface area contributed by atoms with Crippen molar-refractivity contribution in [3.05, 3.63) is 29.3 Å². The molecule has 1 heterocycles. The third-order valence-corrected chi connectivity index (χ3v) is 2.32. The van der Waals surface area contributed by atoms with Crippen molar-refractivity contribution in [2.75, 3.05) is 13.2 Å². The van der Waals surface area contributed by atoms with Gasteiger partial charge >= 0.3 is 0 Å². The second-order valence-corrected chi connectivity index (χ2v) is 3.54. The van der Waals surface area contributed by atoms with E-state index in [2.05, 4.69) is 0 Å². The van der Waals surface area contributed by atoms with Gasteiger partial charge in [0.05, 0.1) is 13.2 Å². The largest absolute Gasteiger partial charge is 0.490 e. The van der Waals surface area contributed by atoms with Gasteiger partial charge in [-0.3, -0.25) is 0 Å². The first-order valence-corrected chi connectivity index (χ1v) is 5.25. The molecule has 1 aromatic rings. The Morgan fingerprint density at radius 1 is 1.12 bits per heavy atom. The van der Waals surface area contributed by atoms with Crippen LogP contribution in [0.2, 0.25) is 0 Å². The normalized spacial score (nSPS) is 12.8. The average Bonchev–Trinajstić information content (AvgIpc) is 2.60. The summed E-state index contributed by atoms with van der Waals surface area (Å²) in [6.45, 7) is 1.26. The van der Waals surface area contributed by atoms with Gasteiger partial charge in [0.25, 0.3) is 0 Å². The molecular weight excluding hydrogens is 216 g/mol. The third-order valence-electron chi connectivity index (χ3n) is 2.32. The highest BCUT2D eigenvalue weighted by Crippen LogP contribution is 2.30. The van der Waals surface area contributed by atoms with Gasteiger partial charge in [-0.1, -0.05) is 6.07 Å². The molecule has 0 saturated heterocycles. The Balaban J connectivity index is 2.34. The maximum atomic E-state index is 8.67. The van der Waals surface area contributed by atoms with Crippen LogP contribution < -0.4 is 9.47 Å². The fourth-order valence-electron chi connectivity index (χ4n) is 1.53. The van der Waals surface area contributed by atoms with Crippen molar-refractivity contribution >= 4 is 6.08 Å². The highest BCUT2D eigenvalue weighted by molar-refractivity contribution is 5.64. The van der Waals surface area contributed by atoms with Gasteiger partial charge < -0.3 is 9.47 Å². The molecule has 4 heteroatoms. The molecule has 0 amide bonds. The van der Waals surface area contributed by atoms with Crippen LogP contribution in [-0.2, 0) is 0 Å². The number of nitrogens with zero attached hydrogens (tertiary/aromatic N) is 2. The van der Waals surface area contributed by atoms with Crippen LogP contribution in [0, 0.1) is 22.7 Å². The summed E-state index contributed by atoms with van der Waals surface area (Å²) in [6.07, 6.45) is 2.37. The van der Waals surface area contributed by atoms with E-state index in [1.807, 2.05) is 12.1 Å². The molecule has 2 rings (SSSR count). The van der Waals surface area contributed by atoms with E-state index < -0.39 is 0 Å². The number of allylic oxidation sites excluding steroid dienone is 1. The molecule has 17 heavy (non-hydrogen) atoms. The molecule has 0 spiro atoms. The van der Waals surface area contributed by atoms with Crippen molar-refractivity contribution in [2.24, 2.45) is 0 Å². The van der Waals surface area contributed by atoms with E-state index in [0.717, 1.165) is 12.0 Å². The van der Waals surface area contributed by atoms with Crippen LogP contribution in [0.15, 0.2) is 23.8 Å². The summed E-state index contributed by atoms with van der Waals surface area (Å²) >= 11 is 0. The summed E-state index contributed by atoms with van der Waals surface area (Å²) in [7, 11) is 0. The van der Waals surface area contributed by atoms with Gasteiger partial charge in [-0.25, -0.2) is 0 Å². The zero-order chi connectivity index (χ0) is 12.1. The van der Waals surface area contributed by atoms with Crippen LogP contribution >= 0.6 is 0 Å². The Labute approximate surface area is 99.3 Å². The van der Waals surface area contributed by atoms with Crippen molar-refractivity contribution in [2.45, 2.75) is 6.42 Å². The Morgan fingerprint density at radius 2 is 1.82 bits per heavy atom. The second-order valence-electron chi connectivity index (χ2n) is 3.54. The molecule has 1 aliphatic heterocycles. The first kappa shape index (κ1) is 11.0. The quantitative estimate of drug-likeness (QED) is 0.689. The van der Waals surface area contributed by atoms with Crippen LogP contribution in [0.4, 0.5) is 0 Å². The smallest absolute Gasteiger partial charge is 0.161 e. The lowest BCUT2D eigenvalue weighted by molar-refractivity contribution is 0.297. The van der Waals surface area contributed by atoms with Crippen LogP contribution in [0.1, 0.15) is 12.0 Å². The van der Waals surface area contributed by atoms with Crippen LogP contribution in [0.3, 0.4) is 0 Å². The molecule has 0 aliphatic carbocycles. The minimum Gasteiger partial charge on any atom is -0.490 e. The van der Waals surface area contributed by atoms with Gasteiger partial charge in [-0.05, 0) is 23.8 Å². The van der Waals surface area contributed by atoms with Crippen molar-refractivity contribution in [1.82, 2.24) is 0 Å². The molecule has 0 fully saturated rings. The maximum absolute atomic E-state index is 8.67. The van der Waals surface area contributed by atoms with Gasteiger partial charge in [0, 0.05) is 6.42 Å². The molecule has 1 aliphatic rings. The lowest BCUT2D eigenvalue weighted by Gasteiger charge is -2.07. The van der Waals surface area contributed by atoms with E-state index in [1.54, 1.807) is 18.2 Å². The maximum Gasteiger partial charge on any atom is 0.161 e. The van der Waals surface area contributed by atoms with E-state index in [4.69, 9.17) is 20.0 Å². The lowest BCUT2D eigenvalue weighted by atomic mass is 10.1. The number of hydrogen-bond acceptors (Lipinski definition) is 4. The van der Waals surface area contributed by atoms with Crippen LogP contribution in [0.5, 0.6) is 11.5 Å². The summed E-state index contributed by atoms with van der Waals surface area (Å²) in [5.41, 5.74) is 0.826. The Kier molecular flexibility index (Phi) is 3.28. The first-order valence-electron chi connectivity index (χ1n) is 5.25. The Hall–Kier alpha value is -2.46. The Bertz CT molecular complexity index is 519. The van der Waals surface area contributed by atoms with Gasteiger partial charge in [0.15, 0.2) is 11.5 Å². The molecule has 84 valence electrons. The minimum atomic E-state index is 0.0690. The highest BCUT2D eigenvalue weighted by atomic mass is 16.5. The third kappa shape index (κ3) is 2.56. The Morgan fingerprint density at radius 3 is 2.53 bits per heavy atom. The second kappa shape index (κ2) is 5.05. The number of ether oxygens (including phenoxy) is 2. The van der Waals surface area contributed by atoms with Gasteiger partial charge in [-0.15, -0.1) is 0 Å². The number of fused-ring (bicyclic) bond motifs is 1. The van der Waals surface area contributed by atoms with E-state index in [9.17, 15) is 0 Å². The molecule has 0 aromatic heterocycles. The van der Waals surface area contributed by atoms with E-state index >= 15 is 0 Å². The summed E-state index contributed by atoms with van der Waals surface area (Å²) in [4.78, 5) is 0. The summed E-state index contributed by atoms with van der Waals surface area (Å²) in [5, 5.41) is 17.3. The monoisotopic (exact) mass is 226 g/mol. The number of benzene rings is 1. The molecule has 1 aromatic carbocycles. The number of hydrogen-bond donors (Lipinski definition) is 0. The van der Waals surface area contributed by atoms with Crippen LogP contribution in [-0.4, -0.2) is 13.2 Å². The molecular formula is C13H10N2O2. The highest BCUT2D eigenvalue weighted by Gasteiger charge is 2.10. The predicted octanol–water partition coefficient (Wildman–Crippen LogP) is 2.28. The van der Waals surface area contributed by atoms with E-state index in [0.29, 0.717) is 24.7 Å². The fourth-order valence-corrected chi connectivity index (χ4v) is 1.53. The zero-order valence-electron chi connectivity index (χ0n) is 9.14. The standard InChI is InChI=1S/C13H10N2O2/c14-8-11(9-15)6-10-2-3-12-13(7-10)17-5-1-4-16-12/h2-3,6-7H,1,4-5H2. The van der Waals surface area contributed by atoms with E-state index in [1.165, 1.54) is 6.08 Å². The van der Waals surface area contributed by atoms with Gasteiger partial charge in [0.1, 0.15) is 17.7 Å². The number of rotatable bonds is 1. The van der Waals surface area contributed by atoms with Crippen molar-refractivity contribution in [1.29, 1.82) is 10.5 Å². The first-order chi connectivity index (χ1) is 8.33. The molecule has 0 atom stereocenters. The molecule has 0 N–H and O–H groups in total. The average molecular weight is 226 g/mol. The van der Waals surface area contributed by atoms with Crippen molar-refractivity contribution in [3.63, 3.8) is 0 Å². The molecule has 0 unspecified atom stereocenters. The summed E-state index contributed by atoms with van der Waals surface area (Å²) < 4.78 is 11.0. The number of nitriles is 2. The van der Waals surface area contributed by atoms with Crippen LogP contribution in [0.25, 0.3) is 6.08 Å². The summed E-state index contributed by atoms with van der Waals surface area (Å²) in [5.74, 6) is 1.36. The topological polar surface area (TPSA) is 66.0 Å². The minimum absolute atomic E-state index is 0.0690. The van der Waals surface area contributed by atoms with Crippen molar-refractivity contribution < 1.29 is 9.47 Å². The molecule has 4 nitrogen and oxygen atoms in total. The van der Waals surface area contributed by atoms with Gasteiger partial charge in [-0.2, -0.15) is 10.5 Å². The predicted molar refractivity (Wildman–Crippen MR) is 61.3 cm³/mol.